The normalized spacial score (nSPS) is 13.7. The van der Waals surface area contributed by atoms with Gasteiger partial charge < -0.3 is 5.32 Å². The van der Waals surface area contributed by atoms with Gasteiger partial charge in [-0.25, -0.2) is 4.57 Å². The number of aromatic nitrogens is 1. The van der Waals surface area contributed by atoms with Crippen LogP contribution in [0.3, 0.4) is 0 Å². The minimum atomic E-state index is 0.241. The van der Waals surface area contributed by atoms with Crippen LogP contribution in [0.4, 0.5) is 0 Å². The molecule has 0 bridgehead atoms. The molecule has 0 unspecified atom stereocenters. The number of rotatable bonds is 6. The summed E-state index contributed by atoms with van der Waals surface area (Å²) in [6, 6.07) is 28.9. The summed E-state index contributed by atoms with van der Waals surface area (Å²) >= 11 is 0. The van der Waals surface area contributed by atoms with Gasteiger partial charge >= 0.3 is 0 Å². The molecule has 1 atom stereocenters. The summed E-state index contributed by atoms with van der Waals surface area (Å²) in [5.41, 5.74) is 12.9. The Morgan fingerprint density at radius 2 is 1.61 bits per heavy atom. The van der Waals surface area contributed by atoms with Crippen molar-refractivity contribution in [3.05, 3.63) is 131 Å². The standard InChI is InChI=1S/C34H35N2/c1-5-26-18-19-29(31(22-26)33-17-11-12-20-35-33)25(3)28-15-9-10-16-30(28)34-21-24(2)32(23-36(34)4)27-13-7-6-8-14-27/h6-19,21-23,25,35H,5,20H2,1-4H3/q+1/t25-/m1/s1. The van der Waals surface area contributed by atoms with E-state index >= 15 is 0 Å². The van der Waals surface area contributed by atoms with Crippen molar-refractivity contribution in [1.82, 2.24) is 5.32 Å². The fourth-order valence-electron chi connectivity index (χ4n) is 5.29. The molecule has 2 heteroatoms. The average molecular weight is 472 g/mol. The Balaban J connectivity index is 1.61. The fourth-order valence-corrected chi connectivity index (χ4v) is 5.29. The summed E-state index contributed by atoms with van der Waals surface area (Å²) in [5.74, 6) is 0.241. The van der Waals surface area contributed by atoms with Crippen LogP contribution in [-0.4, -0.2) is 6.54 Å². The van der Waals surface area contributed by atoms with E-state index in [1.165, 1.54) is 55.9 Å². The van der Waals surface area contributed by atoms with Gasteiger partial charge in [-0.05, 0) is 59.4 Å². The molecule has 0 saturated carbocycles. The molecule has 0 aliphatic carbocycles. The zero-order valence-corrected chi connectivity index (χ0v) is 21.8. The van der Waals surface area contributed by atoms with Gasteiger partial charge in [-0.1, -0.05) is 86.7 Å². The zero-order chi connectivity index (χ0) is 25.1. The van der Waals surface area contributed by atoms with Gasteiger partial charge in [0.05, 0.1) is 0 Å². The van der Waals surface area contributed by atoms with Crippen molar-refractivity contribution >= 4 is 5.70 Å². The van der Waals surface area contributed by atoms with Crippen LogP contribution < -0.4 is 9.88 Å². The van der Waals surface area contributed by atoms with E-state index in [0.29, 0.717) is 0 Å². The third-order valence-electron chi connectivity index (χ3n) is 7.36. The molecule has 0 saturated heterocycles. The Morgan fingerprint density at radius 1 is 0.861 bits per heavy atom. The zero-order valence-electron chi connectivity index (χ0n) is 21.8. The van der Waals surface area contributed by atoms with Crippen molar-refractivity contribution in [2.24, 2.45) is 7.05 Å². The average Bonchev–Trinajstić information content (AvgIpc) is 2.94. The Bertz CT molecular complexity index is 1440. The van der Waals surface area contributed by atoms with Crippen LogP contribution in [0.2, 0.25) is 0 Å². The Kier molecular flexibility index (Phi) is 6.86. The number of nitrogens with one attached hydrogen (secondary N) is 1. The Hall–Kier alpha value is -3.91. The molecule has 1 aliphatic rings. The maximum absolute atomic E-state index is 3.59. The van der Waals surface area contributed by atoms with Crippen LogP contribution in [0, 0.1) is 6.92 Å². The van der Waals surface area contributed by atoms with Crippen LogP contribution in [0.5, 0.6) is 0 Å². The lowest BCUT2D eigenvalue weighted by atomic mass is 9.84. The highest BCUT2D eigenvalue weighted by molar-refractivity contribution is 5.73. The van der Waals surface area contributed by atoms with Crippen LogP contribution in [0.1, 0.15) is 47.6 Å². The molecule has 0 fully saturated rings. The van der Waals surface area contributed by atoms with Crippen LogP contribution in [-0.2, 0) is 13.5 Å². The minimum absolute atomic E-state index is 0.241. The number of hydrogen-bond acceptors (Lipinski definition) is 1. The molecular formula is C34H35N2+. The van der Waals surface area contributed by atoms with Gasteiger partial charge in [-0.2, -0.15) is 0 Å². The molecule has 0 spiro atoms. The first-order valence-corrected chi connectivity index (χ1v) is 13.0. The first kappa shape index (κ1) is 23.8. The quantitative estimate of drug-likeness (QED) is 0.290. The molecule has 1 aromatic heterocycles. The van der Waals surface area contributed by atoms with E-state index in [1.54, 1.807) is 0 Å². The van der Waals surface area contributed by atoms with Crippen molar-refractivity contribution in [2.45, 2.75) is 33.1 Å². The molecule has 1 aliphatic heterocycles. The monoisotopic (exact) mass is 471 g/mol. The van der Waals surface area contributed by atoms with Gasteiger partial charge in [0.2, 0.25) is 5.69 Å². The number of pyridine rings is 1. The first-order chi connectivity index (χ1) is 17.6. The number of benzene rings is 3. The van der Waals surface area contributed by atoms with Crippen molar-refractivity contribution in [2.75, 3.05) is 6.54 Å². The Morgan fingerprint density at radius 3 is 2.36 bits per heavy atom. The first-order valence-electron chi connectivity index (χ1n) is 13.0. The second kappa shape index (κ2) is 10.4. The molecule has 1 N–H and O–H groups in total. The molecule has 4 aromatic rings. The van der Waals surface area contributed by atoms with Gasteiger partial charge in [0, 0.05) is 40.9 Å². The fraction of sp³-hybridized carbons (Fsp3) is 0.206. The highest BCUT2D eigenvalue weighted by Gasteiger charge is 2.23. The SMILES string of the molecule is CCc1ccc([C@H](C)c2ccccc2-c2cc(C)c(-c3ccccc3)c[n+]2C)c(C2=CC=CCN2)c1. The second-order valence-electron chi connectivity index (χ2n) is 9.71. The van der Waals surface area contributed by atoms with Crippen LogP contribution in [0.15, 0.2) is 103 Å². The highest BCUT2D eigenvalue weighted by Crippen LogP contribution is 2.36. The van der Waals surface area contributed by atoms with Crippen molar-refractivity contribution in [3.8, 4) is 22.4 Å². The maximum Gasteiger partial charge on any atom is 0.212 e. The lowest BCUT2D eigenvalue weighted by Crippen LogP contribution is -2.31. The minimum Gasteiger partial charge on any atom is -0.381 e. The molecule has 36 heavy (non-hydrogen) atoms. The molecule has 2 heterocycles. The lowest BCUT2D eigenvalue weighted by molar-refractivity contribution is -0.660. The van der Waals surface area contributed by atoms with E-state index in [0.717, 1.165) is 13.0 Å². The van der Waals surface area contributed by atoms with Crippen molar-refractivity contribution in [3.63, 3.8) is 0 Å². The maximum atomic E-state index is 3.59. The van der Waals surface area contributed by atoms with Crippen LogP contribution in [0.25, 0.3) is 28.1 Å². The van der Waals surface area contributed by atoms with E-state index < -0.39 is 0 Å². The van der Waals surface area contributed by atoms with Gasteiger partial charge in [0.1, 0.15) is 7.05 Å². The van der Waals surface area contributed by atoms with E-state index in [4.69, 9.17) is 0 Å². The van der Waals surface area contributed by atoms with Gasteiger partial charge in [-0.15, -0.1) is 0 Å². The smallest absolute Gasteiger partial charge is 0.212 e. The number of dihydropyridines is 1. The number of aryl methyl sites for hydroxylation is 3. The molecule has 180 valence electrons. The predicted molar refractivity (Wildman–Crippen MR) is 152 cm³/mol. The number of allylic oxidation sites excluding steroid dienone is 2. The lowest BCUT2D eigenvalue weighted by Gasteiger charge is -2.23. The molecule has 0 amide bonds. The molecule has 5 rings (SSSR count). The van der Waals surface area contributed by atoms with Gasteiger partial charge in [0.15, 0.2) is 6.20 Å². The summed E-state index contributed by atoms with van der Waals surface area (Å²) < 4.78 is 2.28. The van der Waals surface area contributed by atoms with Crippen molar-refractivity contribution in [1.29, 1.82) is 0 Å². The van der Waals surface area contributed by atoms with E-state index in [1.807, 2.05) is 0 Å². The Labute approximate surface area is 215 Å². The van der Waals surface area contributed by atoms with Crippen molar-refractivity contribution < 1.29 is 4.57 Å². The van der Waals surface area contributed by atoms with Crippen LogP contribution >= 0.6 is 0 Å². The second-order valence-corrected chi connectivity index (χ2v) is 9.71. The molecule has 3 aromatic carbocycles. The number of hydrogen-bond donors (Lipinski definition) is 1. The number of nitrogens with zero attached hydrogens (tertiary/aromatic N) is 1. The predicted octanol–water partition coefficient (Wildman–Crippen LogP) is 7.37. The summed E-state index contributed by atoms with van der Waals surface area (Å²) in [5, 5.41) is 3.59. The summed E-state index contributed by atoms with van der Waals surface area (Å²) in [7, 11) is 2.16. The van der Waals surface area contributed by atoms with Gasteiger partial charge in [-0.3, -0.25) is 0 Å². The van der Waals surface area contributed by atoms with E-state index in [2.05, 4.69) is 141 Å². The molecule has 0 radical (unpaired) electrons. The third kappa shape index (κ3) is 4.64. The summed E-state index contributed by atoms with van der Waals surface area (Å²) in [6.07, 6.45) is 9.82. The summed E-state index contributed by atoms with van der Waals surface area (Å²) in [6.45, 7) is 7.65. The highest BCUT2D eigenvalue weighted by atomic mass is 14.9. The summed E-state index contributed by atoms with van der Waals surface area (Å²) in [4.78, 5) is 0. The van der Waals surface area contributed by atoms with Gasteiger partial charge in [0.25, 0.3) is 0 Å². The van der Waals surface area contributed by atoms with E-state index in [-0.39, 0.29) is 5.92 Å². The largest absolute Gasteiger partial charge is 0.381 e. The topological polar surface area (TPSA) is 15.9 Å². The van der Waals surface area contributed by atoms with E-state index in [9.17, 15) is 0 Å². The molecular weight excluding hydrogens is 436 g/mol. The molecule has 2 nitrogen and oxygen atoms in total. The third-order valence-corrected chi connectivity index (χ3v) is 7.36.